The van der Waals surface area contributed by atoms with Gasteiger partial charge in [0.25, 0.3) is 0 Å². The van der Waals surface area contributed by atoms with Crippen molar-refractivity contribution in [2.75, 3.05) is 45.4 Å². The van der Waals surface area contributed by atoms with Gasteiger partial charge in [-0.3, -0.25) is 28.8 Å². The van der Waals surface area contributed by atoms with E-state index in [0.29, 0.717) is 45.9 Å². The minimum absolute atomic E-state index is 0.0200. The monoisotopic (exact) mass is 741 g/mol. The van der Waals surface area contributed by atoms with Crippen molar-refractivity contribution in [3.05, 3.63) is 47.5 Å². The Balaban J connectivity index is 2.30. The molecule has 3 rings (SSSR count). The molecule has 1 aliphatic rings. The van der Waals surface area contributed by atoms with Gasteiger partial charge in [-0.15, -0.1) is 0 Å². The molecule has 0 saturated carbocycles. The summed E-state index contributed by atoms with van der Waals surface area (Å²) < 4.78 is 12.1. The number of nitrogens with zero attached hydrogens (tertiary/aromatic N) is 1. The van der Waals surface area contributed by atoms with Crippen molar-refractivity contribution in [2.24, 2.45) is 11.5 Å². The molecule has 2 aromatic rings. The lowest BCUT2D eigenvalue weighted by Crippen LogP contribution is -2.56. The minimum Gasteiger partial charge on any atom is -0.492 e. The van der Waals surface area contributed by atoms with Gasteiger partial charge in [0.05, 0.1) is 6.04 Å². The van der Waals surface area contributed by atoms with Crippen LogP contribution in [-0.2, 0) is 35.2 Å². The van der Waals surface area contributed by atoms with Crippen LogP contribution in [0.5, 0.6) is 11.5 Å². The van der Waals surface area contributed by atoms with Crippen LogP contribution in [0.4, 0.5) is 0 Å². The van der Waals surface area contributed by atoms with Crippen LogP contribution in [0.15, 0.2) is 36.4 Å². The third-order valence-electron chi connectivity index (χ3n) is 8.47. The largest absolute Gasteiger partial charge is 0.492 e. The maximum Gasteiger partial charge on any atom is 0.248 e. The molecule has 4 bridgehead atoms. The van der Waals surface area contributed by atoms with Gasteiger partial charge in [-0.25, -0.2) is 0 Å². The summed E-state index contributed by atoms with van der Waals surface area (Å²) in [6.45, 7) is 6.44. The number of hydrogen-bond acceptors (Lipinski definition) is 11. The summed E-state index contributed by atoms with van der Waals surface area (Å²) >= 11 is 1.51. The van der Waals surface area contributed by atoms with Crippen molar-refractivity contribution >= 4 is 47.1 Å². The fraction of sp³-hybridized carbons (Fsp3) is 0.500. The van der Waals surface area contributed by atoms with Gasteiger partial charge in [0, 0.05) is 44.6 Å². The van der Waals surface area contributed by atoms with E-state index < -0.39 is 59.7 Å². The number of benzene rings is 2. The average molecular weight is 742 g/mol. The molecule has 52 heavy (non-hydrogen) atoms. The summed E-state index contributed by atoms with van der Waals surface area (Å²) in [7, 11) is 1.46. The Morgan fingerprint density at radius 1 is 0.942 bits per heavy atom. The summed E-state index contributed by atoms with van der Waals surface area (Å²) in [6, 6.07) is 4.96. The molecule has 0 aliphatic carbocycles. The Morgan fingerprint density at radius 2 is 1.56 bits per heavy atom. The molecule has 5 amide bonds. The number of carbonyl (C=O) groups is 6. The molecule has 0 aromatic heterocycles. The first-order chi connectivity index (χ1) is 24.7. The van der Waals surface area contributed by atoms with E-state index in [1.54, 1.807) is 43.3 Å². The number of ketones is 1. The minimum atomic E-state index is -1.29. The fourth-order valence-corrected chi connectivity index (χ4v) is 6.08. The summed E-state index contributed by atoms with van der Waals surface area (Å²) in [5.74, 6) is -1.75. The molecule has 0 saturated heterocycles. The zero-order valence-electron chi connectivity index (χ0n) is 30.6. The summed E-state index contributed by atoms with van der Waals surface area (Å²) in [5, 5.41) is 10.8. The third kappa shape index (κ3) is 11.2. The second-order valence-corrected chi connectivity index (χ2v) is 13.6. The SMILES string of the molecule is CSCCC(NC(C)=O)C(=O)N(C)C1C(=O)NC(C)C(=O)NC(C(=O)NC(C)C(C)=O)Cc2ccc(OCCN)c(c2)-c2cc1ccc2OCCN. The smallest absolute Gasteiger partial charge is 0.248 e. The number of fused-ring (bicyclic) bond motifs is 5. The number of amides is 5. The first-order valence-corrected chi connectivity index (χ1v) is 18.5. The number of Topliss-reactive ketones (excluding diaryl/α,β-unsaturated/α-hetero) is 1. The number of carbonyl (C=O) groups excluding carboxylic acids is 6. The van der Waals surface area contributed by atoms with Crippen molar-refractivity contribution in [2.45, 2.75) is 70.7 Å². The lowest BCUT2D eigenvalue weighted by atomic mass is 9.93. The zero-order valence-corrected chi connectivity index (χ0v) is 31.4. The van der Waals surface area contributed by atoms with Gasteiger partial charge in [-0.2, -0.15) is 11.8 Å². The van der Waals surface area contributed by atoms with Crippen LogP contribution in [0.1, 0.15) is 51.3 Å². The molecule has 1 heterocycles. The third-order valence-corrected chi connectivity index (χ3v) is 9.11. The number of nitrogens with two attached hydrogens (primary N) is 2. The Morgan fingerprint density at radius 3 is 2.13 bits per heavy atom. The predicted octanol–water partition coefficient (Wildman–Crippen LogP) is 0.425. The normalized spacial score (nSPS) is 18.4. The summed E-state index contributed by atoms with van der Waals surface area (Å²) in [6.07, 6.45) is 2.21. The van der Waals surface area contributed by atoms with Crippen LogP contribution in [0.25, 0.3) is 11.1 Å². The highest BCUT2D eigenvalue weighted by atomic mass is 32.2. The molecule has 16 heteroatoms. The highest BCUT2D eigenvalue weighted by Crippen LogP contribution is 2.40. The summed E-state index contributed by atoms with van der Waals surface area (Å²) in [4.78, 5) is 80.7. The number of thioether (sulfide) groups is 1. The molecule has 15 nitrogen and oxygen atoms in total. The number of rotatable bonds is 15. The van der Waals surface area contributed by atoms with E-state index in [4.69, 9.17) is 20.9 Å². The van der Waals surface area contributed by atoms with Crippen LogP contribution in [-0.4, -0.2) is 110 Å². The Hall–Kier alpha value is -4.67. The van der Waals surface area contributed by atoms with Gasteiger partial charge in [0.2, 0.25) is 29.5 Å². The van der Waals surface area contributed by atoms with Crippen molar-refractivity contribution in [3.63, 3.8) is 0 Å². The quantitative estimate of drug-likeness (QED) is 0.147. The molecule has 284 valence electrons. The molecule has 1 aliphatic heterocycles. The van der Waals surface area contributed by atoms with Crippen molar-refractivity contribution in [1.82, 2.24) is 26.2 Å². The topological polar surface area (TPSA) is 224 Å². The van der Waals surface area contributed by atoms with Gasteiger partial charge >= 0.3 is 0 Å². The van der Waals surface area contributed by atoms with Gasteiger partial charge in [0.1, 0.15) is 48.9 Å². The van der Waals surface area contributed by atoms with Crippen LogP contribution in [0, 0.1) is 0 Å². The van der Waals surface area contributed by atoms with Crippen LogP contribution < -0.4 is 42.2 Å². The molecule has 5 atom stereocenters. The van der Waals surface area contributed by atoms with Crippen LogP contribution in [0.2, 0.25) is 0 Å². The second kappa shape index (κ2) is 19.8. The van der Waals surface area contributed by atoms with E-state index in [2.05, 4.69) is 21.3 Å². The fourth-order valence-electron chi connectivity index (χ4n) is 5.61. The predicted molar refractivity (Wildman–Crippen MR) is 199 cm³/mol. The molecule has 0 spiro atoms. The molecule has 0 radical (unpaired) electrons. The van der Waals surface area contributed by atoms with Crippen molar-refractivity contribution in [1.29, 1.82) is 0 Å². The first-order valence-electron chi connectivity index (χ1n) is 17.1. The van der Waals surface area contributed by atoms with Crippen LogP contribution >= 0.6 is 11.8 Å². The van der Waals surface area contributed by atoms with Gasteiger partial charge in [-0.1, -0.05) is 12.1 Å². The van der Waals surface area contributed by atoms with Gasteiger partial charge < -0.3 is 47.1 Å². The maximum absolute atomic E-state index is 14.2. The number of likely N-dealkylation sites (N-methyl/N-ethyl adjacent to an activating group) is 1. The standard InChI is InChI=1S/C36H51N7O8S/c1-20(22(3)44)39-34(47)29-18-24-7-9-30(50-14-12-37)26(17-24)27-19-25(8-10-31(27)51-15-13-38)32(35(48)40-21(2)33(46)42-29)43(5)36(49)28(11-16-52-6)41-23(4)45/h7-10,17,19-21,28-29,32H,11-16,18,37-38H2,1-6H3,(H,39,47)(H,40,48)(H,41,45)(H,42,46). The molecular formula is C36H51N7O8S. The van der Waals surface area contributed by atoms with Gasteiger partial charge in [0.15, 0.2) is 5.78 Å². The highest BCUT2D eigenvalue weighted by molar-refractivity contribution is 7.98. The van der Waals surface area contributed by atoms with E-state index in [0.717, 1.165) is 0 Å². The highest BCUT2D eigenvalue weighted by Gasteiger charge is 2.36. The van der Waals surface area contributed by atoms with Crippen molar-refractivity contribution < 1.29 is 38.2 Å². The van der Waals surface area contributed by atoms with E-state index >= 15 is 0 Å². The lowest BCUT2D eigenvalue weighted by Gasteiger charge is -2.32. The number of hydrogen-bond donors (Lipinski definition) is 6. The van der Waals surface area contributed by atoms with Crippen LogP contribution in [0.3, 0.4) is 0 Å². The second-order valence-electron chi connectivity index (χ2n) is 12.6. The summed E-state index contributed by atoms with van der Waals surface area (Å²) in [5.41, 5.74) is 13.6. The Bertz CT molecular complexity index is 1620. The van der Waals surface area contributed by atoms with E-state index in [-0.39, 0.29) is 38.5 Å². The first kappa shape index (κ1) is 41.7. The zero-order chi connectivity index (χ0) is 38.5. The Labute approximate surface area is 308 Å². The van der Waals surface area contributed by atoms with E-state index in [1.807, 2.05) is 6.26 Å². The molecular weight excluding hydrogens is 691 g/mol. The number of nitrogens with one attached hydrogen (secondary N) is 4. The number of ether oxygens (including phenoxy) is 2. The molecule has 8 N–H and O–H groups in total. The van der Waals surface area contributed by atoms with E-state index in [1.165, 1.54) is 44.5 Å². The maximum atomic E-state index is 14.2. The lowest BCUT2D eigenvalue weighted by molar-refractivity contribution is -0.142. The van der Waals surface area contributed by atoms with E-state index in [9.17, 15) is 28.8 Å². The van der Waals surface area contributed by atoms with Gasteiger partial charge in [-0.05, 0) is 74.6 Å². The molecule has 0 fully saturated rings. The molecule has 5 unspecified atom stereocenters. The molecule has 2 aromatic carbocycles. The Kier molecular flexibility index (Phi) is 15.9. The van der Waals surface area contributed by atoms with Crippen molar-refractivity contribution in [3.8, 4) is 22.6 Å². The average Bonchev–Trinajstić information content (AvgIpc) is 3.10.